The highest BCUT2D eigenvalue weighted by Crippen LogP contribution is 2.42. The zero-order valence-electron chi connectivity index (χ0n) is 17.2. The molecule has 1 fully saturated rings. The highest BCUT2D eigenvalue weighted by atomic mass is 35.5. The maximum Gasteiger partial charge on any atom is 0.253 e. The molecule has 5 nitrogen and oxygen atoms in total. The Morgan fingerprint density at radius 3 is 2.44 bits per heavy atom. The van der Waals surface area contributed by atoms with Crippen LogP contribution < -0.4 is 11.5 Å². The number of carbonyl (C=O) groups excluding carboxylic acids is 2. The molecule has 0 aromatic heterocycles. The van der Waals surface area contributed by atoms with Crippen molar-refractivity contribution in [2.45, 2.75) is 18.9 Å². The summed E-state index contributed by atoms with van der Waals surface area (Å²) in [5, 5.41) is 0.893. The van der Waals surface area contributed by atoms with E-state index < -0.39 is 5.91 Å². The summed E-state index contributed by atoms with van der Waals surface area (Å²) in [5.74, 6) is -0.511. The molecule has 2 amide bonds. The Kier molecular flexibility index (Phi) is 5.20. The zero-order valence-corrected chi connectivity index (χ0v) is 18.7. The second-order valence-corrected chi connectivity index (χ2v) is 9.21. The average molecular weight is 466 g/mol. The molecular formula is C25H21Cl2N3O2. The summed E-state index contributed by atoms with van der Waals surface area (Å²) in [6.07, 6.45) is 1.40. The standard InChI is InChI=1S/C25H21Cl2N3O2/c26-22-4-3-13(11-23(22)27)16-9-19-18-8-15(25(32)30-6-5-17(28)12-30)2-1-14(18)7-20(19)21(10-16)24(29)31/h1-4,8-11,17H,5-7,12,28H2,(H2,29,31)/t17-/m0/s1. The number of carbonyl (C=O) groups is 2. The molecule has 1 aliphatic carbocycles. The Labute approximate surface area is 195 Å². The van der Waals surface area contributed by atoms with Gasteiger partial charge in [0.15, 0.2) is 0 Å². The van der Waals surface area contributed by atoms with Gasteiger partial charge in [-0.05, 0) is 82.6 Å². The summed E-state index contributed by atoms with van der Waals surface area (Å²) in [5.41, 5.74) is 18.2. The fourth-order valence-corrected chi connectivity index (χ4v) is 4.92. The van der Waals surface area contributed by atoms with Crippen molar-refractivity contribution in [2.24, 2.45) is 11.5 Å². The number of nitrogens with zero attached hydrogens (tertiary/aromatic N) is 1. The molecule has 4 N–H and O–H groups in total. The van der Waals surface area contributed by atoms with Crippen LogP contribution in [0.25, 0.3) is 22.3 Å². The van der Waals surface area contributed by atoms with Crippen LogP contribution in [0.15, 0.2) is 48.5 Å². The van der Waals surface area contributed by atoms with E-state index in [4.69, 9.17) is 34.7 Å². The van der Waals surface area contributed by atoms with Crippen LogP contribution in [0.2, 0.25) is 10.0 Å². The van der Waals surface area contributed by atoms with Crippen molar-refractivity contribution < 1.29 is 9.59 Å². The first-order chi connectivity index (χ1) is 15.3. The fourth-order valence-electron chi connectivity index (χ4n) is 4.62. The lowest BCUT2D eigenvalue weighted by molar-refractivity contribution is 0.0790. The van der Waals surface area contributed by atoms with Crippen molar-refractivity contribution in [3.05, 3.63) is 80.8 Å². The molecule has 162 valence electrons. The summed E-state index contributed by atoms with van der Waals surface area (Å²) in [4.78, 5) is 27.1. The molecule has 0 radical (unpaired) electrons. The van der Waals surface area contributed by atoms with E-state index in [9.17, 15) is 9.59 Å². The minimum atomic E-state index is -0.488. The van der Waals surface area contributed by atoms with E-state index in [1.165, 1.54) is 0 Å². The lowest BCUT2D eigenvalue weighted by Crippen LogP contribution is -2.31. The number of hydrogen-bond acceptors (Lipinski definition) is 3. The van der Waals surface area contributed by atoms with Gasteiger partial charge in [-0.3, -0.25) is 9.59 Å². The molecule has 0 bridgehead atoms. The first kappa shape index (κ1) is 21.0. The molecule has 1 saturated heterocycles. The molecule has 1 atom stereocenters. The fraction of sp³-hybridized carbons (Fsp3) is 0.200. The maximum atomic E-state index is 13.0. The van der Waals surface area contributed by atoms with Crippen LogP contribution in [-0.2, 0) is 6.42 Å². The number of halogens is 2. The number of primary amides is 1. The van der Waals surface area contributed by atoms with Crippen LogP contribution in [0.4, 0.5) is 0 Å². The molecule has 0 spiro atoms. The van der Waals surface area contributed by atoms with Crippen molar-refractivity contribution in [2.75, 3.05) is 13.1 Å². The highest BCUT2D eigenvalue weighted by molar-refractivity contribution is 6.42. The summed E-state index contributed by atoms with van der Waals surface area (Å²) in [6, 6.07) is 14.9. The average Bonchev–Trinajstić information content (AvgIpc) is 3.37. The maximum absolute atomic E-state index is 13.0. The molecule has 1 aliphatic heterocycles. The number of nitrogens with two attached hydrogens (primary N) is 2. The van der Waals surface area contributed by atoms with E-state index in [2.05, 4.69) is 0 Å². The second-order valence-electron chi connectivity index (χ2n) is 8.39. The zero-order chi connectivity index (χ0) is 22.6. The van der Waals surface area contributed by atoms with Gasteiger partial charge in [-0.2, -0.15) is 0 Å². The third-order valence-electron chi connectivity index (χ3n) is 6.29. The van der Waals surface area contributed by atoms with Crippen molar-refractivity contribution in [3.63, 3.8) is 0 Å². The predicted molar refractivity (Wildman–Crippen MR) is 127 cm³/mol. The summed E-state index contributed by atoms with van der Waals surface area (Å²) in [7, 11) is 0. The van der Waals surface area contributed by atoms with Gasteiger partial charge in [-0.1, -0.05) is 35.3 Å². The monoisotopic (exact) mass is 465 g/mol. The number of fused-ring (bicyclic) bond motifs is 3. The smallest absolute Gasteiger partial charge is 0.253 e. The molecule has 3 aromatic rings. The van der Waals surface area contributed by atoms with Gasteiger partial charge in [0.1, 0.15) is 0 Å². The van der Waals surface area contributed by atoms with Gasteiger partial charge in [0.25, 0.3) is 5.91 Å². The minimum Gasteiger partial charge on any atom is -0.366 e. The van der Waals surface area contributed by atoms with Gasteiger partial charge in [0.05, 0.1) is 10.0 Å². The van der Waals surface area contributed by atoms with Crippen LogP contribution in [0.3, 0.4) is 0 Å². The van der Waals surface area contributed by atoms with Gasteiger partial charge < -0.3 is 16.4 Å². The van der Waals surface area contributed by atoms with E-state index in [1.54, 1.807) is 23.1 Å². The third-order valence-corrected chi connectivity index (χ3v) is 7.03. The first-order valence-electron chi connectivity index (χ1n) is 10.4. The summed E-state index contributed by atoms with van der Waals surface area (Å²) >= 11 is 12.3. The van der Waals surface area contributed by atoms with Crippen LogP contribution in [0.5, 0.6) is 0 Å². The Balaban J connectivity index is 1.61. The molecular weight excluding hydrogens is 445 g/mol. The van der Waals surface area contributed by atoms with Crippen molar-refractivity contribution >= 4 is 35.0 Å². The van der Waals surface area contributed by atoms with E-state index in [0.717, 1.165) is 39.8 Å². The van der Waals surface area contributed by atoms with Gasteiger partial charge in [-0.15, -0.1) is 0 Å². The molecule has 0 saturated carbocycles. The van der Waals surface area contributed by atoms with Crippen molar-refractivity contribution in [1.29, 1.82) is 0 Å². The molecule has 32 heavy (non-hydrogen) atoms. The van der Waals surface area contributed by atoms with E-state index in [-0.39, 0.29) is 11.9 Å². The van der Waals surface area contributed by atoms with Gasteiger partial charge in [-0.25, -0.2) is 0 Å². The van der Waals surface area contributed by atoms with Crippen LogP contribution in [-0.4, -0.2) is 35.8 Å². The molecule has 2 aliphatic rings. The first-order valence-corrected chi connectivity index (χ1v) is 11.2. The van der Waals surface area contributed by atoms with E-state index >= 15 is 0 Å². The lowest BCUT2D eigenvalue weighted by Gasteiger charge is -2.16. The molecule has 5 rings (SSSR count). The SMILES string of the molecule is NC(=O)c1cc(-c2ccc(Cl)c(Cl)c2)cc2c1Cc1ccc(C(=O)N3CC[C@H](N)C3)cc1-2. The lowest BCUT2D eigenvalue weighted by atomic mass is 9.93. The number of amides is 2. The van der Waals surface area contributed by atoms with Crippen LogP contribution in [0.1, 0.15) is 38.3 Å². The Morgan fingerprint density at radius 1 is 0.938 bits per heavy atom. The summed E-state index contributed by atoms with van der Waals surface area (Å²) in [6.45, 7) is 1.24. The number of likely N-dealkylation sites (tertiary alicyclic amines) is 1. The molecule has 1 heterocycles. The largest absolute Gasteiger partial charge is 0.366 e. The summed E-state index contributed by atoms with van der Waals surface area (Å²) < 4.78 is 0. The molecule has 7 heteroatoms. The number of benzene rings is 3. The topological polar surface area (TPSA) is 89.4 Å². The van der Waals surface area contributed by atoms with Crippen LogP contribution in [0, 0.1) is 0 Å². The molecule has 3 aromatic carbocycles. The number of rotatable bonds is 3. The Morgan fingerprint density at radius 2 is 1.75 bits per heavy atom. The highest BCUT2D eigenvalue weighted by Gasteiger charge is 2.28. The predicted octanol–water partition coefficient (Wildman–Crippen LogP) is 4.50. The third kappa shape index (κ3) is 3.56. The van der Waals surface area contributed by atoms with E-state index in [0.29, 0.717) is 40.7 Å². The Bertz CT molecular complexity index is 1290. The van der Waals surface area contributed by atoms with Crippen molar-refractivity contribution in [3.8, 4) is 22.3 Å². The van der Waals surface area contributed by atoms with Crippen LogP contribution >= 0.6 is 23.2 Å². The quantitative estimate of drug-likeness (QED) is 0.466. The molecule has 0 unspecified atom stereocenters. The van der Waals surface area contributed by atoms with Gasteiger partial charge in [0.2, 0.25) is 5.91 Å². The van der Waals surface area contributed by atoms with E-state index in [1.807, 2.05) is 30.3 Å². The van der Waals surface area contributed by atoms with Crippen molar-refractivity contribution in [1.82, 2.24) is 4.90 Å². The number of hydrogen-bond donors (Lipinski definition) is 2. The second kappa shape index (κ2) is 7.93. The van der Waals surface area contributed by atoms with Gasteiger partial charge in [0, 0.05) is 30.3 Å². The normalized spacial score (nSPS) is 16.7. The Hall–Kier alpha value is -2.86. The minimum absolute atomic E-state index is 0.0232. The van der Waals surface area contributed by atoms with Gasteiger partial charge >= 0.3 is 0 Å².